The molecule has 3 nitrogen and oxygen atoms in total. The highest BCUT2D eigenvalue weighted by Crippen LogP contribution is 2.41. The Balaban J connectivity index is 1.82. The number of alkyl halides is 3. The van der Waals surface area contributed by atoms with E-state index in [1.165, 1.54) is 6.07 Å². The largest absolute Gasteiger partial charge is 0.490 e. The maximum absolute atomic E-state index is 12.9. The first-order valence-corrected chi connectivity index (χ1v) is 8.20. The van der Waals surface area contributed by atoms with Crippen molar-refractivity contribution in [1.82, 2.24) is 5.32 Å². The molecule has 2 bridgehead atoms. The molecular weight excluding hydrogens is 307 g/mol. The topological polar surface area (TPSA) is 30.5 Å². The summed E-state index contributed by atoms with van der Waals surface area (Å²) in [7, 11) is 0. The number of halogens is 3. The Labute approximate surface area is 134 Å². The lowest BCUT2D eigenvalue weighted by molar-refractivity contribution is -0.137. The maximum Gasteiger partial charge on any atom is 0.416 e. The van der Waals surface area contributed by atoms with Crippen LogP contribution in [0.5, 0.6) is 11.5 Å². The van der Waals surface area contributed by atoms with Crippen molar-refractivity contribution in [3.8, 4) is 11.5 Å². The summed E-state index contributed by atoms with van der Waals surface area (Å²) in [6.07, 6.45) is -1.37. The van der Waals surface area contributed by atoms with Gasteiger partial charge in [-0.3, -0.25) is 0 Å². The average Bonchev–Trinajstić information content (AvgIpc) is 2.73. The predicted octanol–water partition coefficient (Wildman–Crippen LogP) is 3.87. The van der Waals surface area contributed by atoms with Crippen molar-refractivity contribution in [3.63, 3.8) is 0 Å². The van der Waals surface area contributed by atoms with Gasteiger partial charge in [-0.15, -0.1) is 0 Å². The van der Waals surface area contributed by atoms with Crippen molar-refractivity contribution in [2.45, 2.75) is 38.5 Å². The number of fused-ring (bicyclic) bond motifs is 2. The van der Waals surface area contributed by atoms with E-state index < -0.39 is 11.7 Å². The smallest absolute Gasteiger partial charge is 0.416 e. The number of hydrogen-bond donors (Lipinski definition) is 1. The molecule has 3 rings (SSSR count). The van der Waals surface area contributed by atoms with Gasteiger partial charge in [-0.2, -0.15) is 13.2 Å². The molecule has 128 valence electrons. The lowest BCUT2D eigenvalue weighted by atomic mass is 9.96. The summed E-state index contributed by atoms with van der Waals surface area (Å²) >= 11 is 0. The number of nitrogens with one attached hydrogen (secondary N) is 1. The lowest BCUT2D eigenvalue weighted by Crippen LogP contribution is -2.44. The van der Waals surface area contributed by atoms with Crippen LogP contribution in [0.3, 0.4) is 0 Å². The first kappa shape index (κ1) is 16.4. The molecule has 2 aliphatic rings. The number of benzene rings is 1. The van der Waals surface area contributed by atoms with Crippen LogP contribution in [0.15, 0.2) is 18.2 Å². The second-order valence-corrected chi connectivity index (χ2v) is 6.35. The van der Waals surface area contributed by atoms with Crippen LogP contribution < -0.4 is 14.8 Å². The van der Waals surface area contributed by atoms with Gasteiger partial charge in [0.1, 0.15) is 6.10 Å². The molecule has 0 amide bonds. The molecule has 1 heterocycles. The van der Waals surface area contributed by atoms with Crippen molar-refractivity contribution >= 4 is 0 Å². The van der Waals surface area contributed by atoms with Crippen molar-refractivity contribution in [3.05, 3.63) is 23.8 Å². The van der Waals surface area contributed by atoms with E-state index in [1.54, 1.807) is 0 Å². The summed E-state index contributed by atoms with van der Waals surface area (Å²) in [5.74, 6) is 1.47. The fourth-order valence-electron chi connectivity index (χ4n) is 3.48. The summed E-state index contributed by atoms with van der Waals surface area (Å²) in [5.41, 5.74) is -0.704. The number of hydrogen-bond acceptors (Lipinski definition) is 3. The minimum Gasteiger partial charge on any atom is -0.490 e. The van der Waals surface area contributed by atoms with Gasteiger partial charge in [0.25, 0.3) is 0 Å². The minimum atomic E-state index is -4.38. The third-order valence-electron chi connectivity index (χ3n) is 4.65. The van der Waals surface area contributed by atoms with Crippen LogP contribution in [0.25, 0.3) is 0 Å². The first-order chi connectivity index (χ1) is 11.0. The molecule has 0 unspecified atom stereocenters. The van der Waals surface area contributed by atoms with E-state index in [0.29, 0.717) is 24.2 Å². The van der Waals surface area contributed by atoms with E-state index in [-0.39, 0.29) is 11.9 Å². The molecule has 1 saturated heterocycles. The van der Waals surface area contributed by atoms with Crippen molar-refractivity contribution in [2.24, 2.45) is 11.8 Å². The molecule has 1 aliphatic heterocycles. The predicted molar refractivity (Wildman–Crippen MR) is 80.7 cm³/mol. The molecule has 1 aromatic carbocycles. The van der Waals surface area contributed by atoms with E-state index in [0.717, 1.165) is 44.5 Å². The molecule has 3 atom stereocenters. The van der Waals surface area contributed by atoms with Crippen LogP contribution in [0.4, 0.5) is 13.2 Å². The molecule has 1 N–H and O–H groups in total. The van der Waals surface area contributed by atoms with Crippen LogP contribution in [0.2, 0.25) is 0 Å². The van der Waals surface area contributed by atoms with Gasteiger partial charge in [0.05, 0.1) is 12.2 Å². The van der Waals surface area contributed by atoms with Gasteiger partial charge in [0, 0.05) is 24.9 Å². The molecule has 1 aromatic rings. The zero-order chi connectivity index (χ0) is 16.4. The monoisotopic (exact) mass is 329 g/mol. The highest BCUT2D eigenvalue weighted by Gasteiger charge is 2.41. The molecule has 6 heteroatoms. The van der Waals surface area contributed by atoms with E-state index in [4.69, 9.17) is 9.47 Å². The summed E-state index contributed by atoms with van der Waals surface area (Å²) in [6, 6.07) is 3.51. The average molecular weight is 329 g/mol. The highest BCUT2D eigenvalue weighted by molar-refractivity contribution is 5.44. The van der Waals surface area contributed by atoms with E-state index in [2.05, 4.69) is 5.32 Å². The Morgan fingerprint density at radius 1 is 1.13 bits per heavy atom. The number of piperidine rings is 1. The summed E-state index contributed by atoms with van der Waals surface area (Å²) in [4.78, 5) is 0. The van der Waals surface area contributed by atoms with Gasteiger partial charge in [0.15, 0.2) is 11.5 Å². The Bertz CT molecular complexity index is 531. The Morgan fingerprint density at radius 2 is 1.83 bits per heavy atom. The van der Waals surface area contributed by atoms with E-state index in [9.17, 15) is 13.2 Å². The molecule has 23 heavy (non-hydrogen) atoms. The zero-order valence-corrected chi connectivity index (χ0v) is 13.2. The van der Waals surface area contributed by atoms with Gasteiger partial charge < -0.3 is 14.8 Å². The van der Waals surface area contributed by atoms with Crippen LogP contribution in [-0.2, 0) is 6.18 Å². The normalized spacial score (nSPS) is 27.0. The molecule has 2 fully saturated rings. The van der Waals surface area contributed by atoms with Gasteiger partial charge in [-0.05, 0) is 37.5 Å². The quantitative estimate of drug-likeness (QED) is 0.889. The van der Waals surface area contributed by atoms with Crippen molar-refractivity contribution < 1.29 is 22.6 Å². The lowest BCUT2D eigenvalue weighted by Gasteiger charge is -2.31. The third kappa shape index (κ3) is 3.57. The summed E-state index contributed by atoms with van der Waals surface area (Å²) in [6.45, 7) is 4.11. The Kier molecular flexibility index (Phi) is 4.71. The van der Waals surface area contributed by atoms with E-state index in [1.807, 2.05) is 6.92 Å². The molecule has 0 aromatic heterocycles. The summed E-state index contributed by atoms with van der Waals surface area (Å²) in [5, 5.41) is 3.38. The molecule has 0 radical (unpaired) electrons. The fourth-order valence-corrected chi connectivity index (χ4v) is 3.48. The number of rotatable bonds is 5. The van der Waals surface area contributed by atoms with Gasteiger partial charge in [0.2, 0.25) is 0 Å². The van der Waals surface area contributed by atoms with Gasteiger partial charge in [-0.1, -0.05) is 6.92 Å². The maximum atomic E-state index is 12.9. The standard InChI is InChI=1S/C17H22F3NO2/c1-2-7-22-15-8-13(17(18,19)20)5-6-14(15)23-16-11-3-4-12(16)10-21-9-11/h5-6,8,11-12,16,21H,2-4,7,9-10H2,1H3/t11-,12+,16-. The molecular formula is C17H22F3NO2. The molecule has 1 saturated carbocycles. The Morgan fingerprint density at radius 3 is 2.43 bits per heavy atom. The van der Waals surface area contributed by atoms with E-state index >= 15 is 0 Å². The van der Waals surface area contributed by atoms with Crippen LogP contribution >= 0.6 is 0 Å². The fraction of sp³-hybridized carbons (Fsp3) is 0.647. The van der Waals surface area contributed by atoms with Crippen LogP contribution in [0, 0.1) is 11.8 Å². The minimum absolute atomic E-state index is 0.0666. The second-order valence-electron chi connectivity index (χ2n) is 6.35. The second kappa shape index (κ2) is 6.59. The van der Waals surface area contributed by atoms with Crippen LogP contribution in [0.1, 0.15) is 31.7 Å². The Hall–Kier alpha value is -1.43. The SMILES string of the molecule is CCCOc1cc(C(F)(F)F)ccc1O[C@@H]1[C@@H]2CC[C@H]1CNC2. The van der Waals surface area contributed by atoms with Crippen molar-refractivity contribution in [2.75, 3.05) is 19.7 Å². The molecule has 1 aliphatic carbocycles. The third-order valence-corrected chi connectivity index (χ3v) is 4.65. The number of ether oxygens (including phenoxy) is 2. The molecule has 0 spiro atoms. The first-order valence-electron chi connectivity index (χ1n) is 8.20. The van der Waals surface area contributed by atoms with Gasteiger partial charge >= 0.3 is 6.18 Å². The summed E-state index contributed by atoms with van der Waals surface area (Å²) < 4.78 is 50.3. The van der Waals surface area contributed by atoms with Crippen LogP contribution in [-0.4, -0.2) is 25.8 Å². The zero-order valence-electron chi connectivity index (χ0n) is 13.2. The van der Waals surface area contributed by atoms with Gasteiger partial charge in [-0.25, -0.2) is 0 Å². The van der Waals surface area contributed by atoms with Crippen molar-refractivity contribution in [1.29, 1.82) is 0 Å². The highest BCUT2D eigenvalue weighted by atomic mass is 19.4.